The fourth-order valence-corrected chi connectivity index (χ4v) is 1.67. The Bertz CT molecular complexity index is 210. The first-order valence-corrected chi connectivity index (χ1v) is 3.97. The molecule has 1 aliphatic rings. The Labute approximate surface area is 72.1 Å². The Morgan fingerprint density at radius 3 is 2.25 bits per heavy atom. The molecular formula is C9H12O3. The first-order valence-electron chi connectivity index (χ1n) is 3.97. The molecule has 0 spiro atoms. The molecule has 1 aliphatic carbocycles. The van der Waals surface area contributed by atoms with Crippen molar-refractivity contribution in [3.63, 3.8) is 0 Å². The molecule has 66 valence electrons. The molecule has 3 nitrogen and oxygen atoms in total. The van der Waals surface area contributed by atoms with Crippen molar-refractivity contribution in [2.75, 3.05) is 6.61 Å². The first-order chi connectivity index (χ1) is 5.56. The van der Waals surface area contributed by atoms with Crippen LogP contribution < -0.4 is 0 Å². The van der Waals surface area contributed by atoms with Crippen molar-refractivity contribution >= 4 is 12.6 Å². The molecule has 12 heavy (non-hydrogen) atoms. The predicted molar refractivity (Wildman–Crippen MR) is 43.0 cm³/mol. The highest BCUT2D eigenvalue weighted by Gasteiger charge is 2.74. The van der Waals surface area contributed by atoms with Crippen LogP contribution >= 0.6 is 0 Å². The molecule has 2 radical (unpaired) electrons. The van der Waals surface area contributed by atoms with Crippen LogP contribution in [0.3, 0.4) is 0 Å². The van der Waals surface area contributed by atoms with Crippen LogP contribution in [-0.4, -0.2) is 24.8 Å². The van der Waals surface area contributed by atoms with E-state index in [1.165, 1.54) is 0 Å². The molecule has 1 rings (SSSR count). The van der Waals surface area contributed by atoms with Crippen LogP contribution in [0, 0.1) is 11.3 Å². The normalized spacial score (nSPS) is 37.4. The smallest absolute Gasteiger partial charge is 0.234 e. The lowest BCUT2D eigenvalue weighted by Gasteiger charge is -2.10. The molecule has 0 heterocycles. The summed E-state index contributed by atoms with van der Waals surface area (Å²) in [6, 6.07) is 0. The summed E-state index contributed by atoms with van der Waals surface area (Å²) < 4.78 is 5.22. The summed E-state index contributed by atoms with van der Waals surface area (Å²) in [4.78, 5) is 21.1. The van der Waals surface area contributed by atoms with Gasteiger partial charge >= 0.3 is 0 Å². The molecule has 3 heteroatoms. The molecule has 1 fully saturated rings. The van der Waals surface area contributed by atoms with E-state index in [1.54, 1.807) is 6.92 Å². The summed E-state index contributed by atoms with van der Waals surface area (Å²) in [5, 5.41) is 0. The minimum Gasteiger partial charge on any atom is -0.366 e. The summed E-state index contributed by atoms with van der Waals surface area (Å²) >= 11 is 0. The number of rotatable bonds is 4. The Morgan fingerprint density at radius 1 is 1.42 bits per heavy atom. The topological polar surface area (TPSA) is 43.4 Å². The Kier molecular flexibility index (Phi) is 2.08. The van der Waals surface area contributed by atoms with Gasteiger partial charge < -0.3 is 4.74 Å². The highest BCUT2D eigenvalue weighted by molar-refractivity contribution is 5.83. The molecule has 0 saturated heterocycles. The van der Waals surface area contributed by atoms with Gasteiger partial charge in [0, 0.05) is 12.0 Å². The third-order valence-corrected chi connectivity index (χ3v) is 2.64. The molecule has 0 aromatic rings. The minimum absolute atomic E-state index is 0.414. The Hall–Kier alpha value is -0.700. The van der Waals surface area contributed by atoms with Crippen LogP contribution in [0.15, 0.2) is 0 Å². The van der Waals surface area contributed by atoms with Gasteiger partial charge in [-0.2, -0.15) is 0 Å². The van der Waals surface area contributed by atoms with E-state index >= 15 is 0 Å². The average Bonchev–Trinajstić information content (AvgIpc) is 2.49. The molecule has 0 bridgehead atoms. The van der Waals surface area contributed by atoms with Gasteiger partial charge in [0.05, 0.1) is 5.92 Å². The van der Waals surface area contributed by atoms with Crippen molar-refractivity contribution in [2.24, 2.45) is 11.3 Å². The lowest BCUT2D eigenvalue weighted by molar-refractivity contribution is 0.0604. The van der Waals surface area contributed by atoms with E-state index < -0.39 is 16.9 Å². The lowest BCUT2D eigenvalue weighted by Crippen LogP contribution is -2.23. The van der Waals surface area contributed by atoms with Gasteiger partial charge in [0.2, 0.25) is 12.6 Å². The zero-order chi connectivity index (χ0) is 9.41. The van der Waals surface area contributed by atoms with Gasteiger partial charge in [0.15, 0.2) is 5.60 Å². The van der Waals surface area contributed by atoms with E-state index in [-0.39, 0.29) is 0 Å². The standard InChI is InChI=1S/C9H12O3/c1-4-12-9(6-11)7(5-10)8(9,2)3/h7H,4H2,1-3H3. The van der Waals surface area contributed by atoms with Crippen molar-refractivity contribution in [3.8, 4) is 0 Å². The van der Waals surface area contributed by atoms with Crippen LogP contribution in [0.5, 0.6) is 0 Å². The maximum absolute atomic E-state index is 10.6. The summed E-state index contributed by atoms with van der Waals surface area (Å²) in [5.74, 6) is -0.456. The van der Waals surface area contributed by atoms with Crippen LogP contribution in [0.1, 0.15) is 20.8 Å². The van der Waals surface area contributed by atoms with Gasteiger partial charge in [0.1, 0.15) is 0 Å². The van der Waals surface area contributed by atoms with Crippen LogP contribution in [-0.2, 0) is 14.3 Å². The van der Waals surface area contributed by atoms with E-state index in [1.807, 2.05) is 26.4 Å². The quantitative estimate of drug-likeness (QED) is 0.618. The van der Waals surface area contributed by atoms with E-state index in [0.29, 0.717) is 6.61 Å². The van der Waals surface area contributed by atoms with E-state index in [9.17, 15) is 9.59 Å². The van der Waals surface area contributed by atoms with E-state index in [2.05, 4.69) is 0 Å². The molecule has 2 unspecified atom stereocenters. The number of ether oxygens (including phenoxy) is 1. The minimum atomic E-state index is -1.02. The molecule has 0 amide bonds. The van der Waals surface area contributed by atoms with Crippen molar-refractivity contribution in [2.45, 2.75) is 26.4 Å². The van der Waals surface area contributed by atoms with Crippen LogP contribution in [0.25, 0.3) is 0 Å². The largest absolute Gasteiger partial charge is 0.366 e. The van der Waals surface area contributed by atoms with Crippen molar-refractivity contribution in [3.05, 3.63) is 0 Å². The highest BCUT2D eigenvalue weighted by atomic mass is 16.5. The predicted octanol–water partition coefficient (Wildman–Crippen LogP) is 0.637. The van der Waals surface area contributed by atoms with Gasteiger partial charge in [-0.1, -0.05) is 13.8 Å². The summed E-state index contributed by atoms with van der Waals surface area (Å²) in [6.07, 6.45) is 3.63. The van der Waals surface area contributed by atoms with E-state index in [0.717, 1.165) is 0 Å². The molecule has 0 N–H and O–H groups in total. The SMILES string of the molecule is CCOC1([C]=O)C([C]=O)C1(C)C. The monoisotopic (exact) mass is 168 g/mol. The highest BCUT2D eigenvalue weighted by Crippen LogP contribution is 2.61. The molecule has 2 atom stereocenters. The third-order valence-electron chi connectivity index (χ3n) is 2.64. The second kappa shape index (κ2) is 2.66. The Morgan fingerprint density at radius 2 is 2.00 bits per heavy atom. The van der Waals surface area contributed by atoms with Gasteiger partial charge in [-0.25, -0.2) is 0 Å². The van der Waals surface area contributed by atoms with Crippen molar-refractivity contribution in [1.29, 1.82) is 0 Å². The molecular weight excluding hydrogens is 156 g/mol. The van der Waals surface area contributed by atoms with Gasteiger partial charge in [-0.05, 0) is 6.92 Å². The van der Waals surface area contributed by atoms with Crippen molar-refractivity contribution in [1.82, 2.24) is 0 Å². The maximum Gasteiger partial charge on any atom is 0.234 e. The third kappa shape index (κ3) is 0.860. The lowest BCUT2D eigenvalue weighted by atomic mass is 10.1. The van der Waals surface area contributed by atoms with Crippen molar-refractivity contribution < 1.29 is 14.3 Å². The Balaban J connectivity index is 2.84. The number of hydrogen-bond acceptors (Lipinski definition) is 3. The van der Waals surface area contributed by atoms with Gasteiger partial charge in [-0.3, -0.25) is 9.59 Å². The second-order valence-corrected chi connectivity index (χ2v) is 3.54. The average molecular weight is 168 g/mol. The zero-order valence-corrected chi connectivity index (χ0v) is 7.51. The fourth-order valence-electron chi connectivity index (χ4n) is 1.67. The molecule has 1 saturated carbocycles. The maximum atomic E-state index is 10.6. The molecule has 0 aliphatic heterocycles. The van der Waals surface area contributed by atoms with Gasteiger partial charge in [-0.15, -0.1) is 0 Å². The zero-order valence-electron chi connectivity index (χ0n) is 7.51. The number of carbonyl (C=O) groups excluding carboxylic acids is 2. The number of hydrogen-bond donors (Lipinski definition) is 0. The summed E-state index contributed by atoms with van der Waals surface area (Å²) in [6.45, 7) is 5.82. The molecule has 0 aromatic heterocycles. The molecule has 0 aromatic carbocycles. The second-order valence-electron chi connectivity index (χ2n) is 3.54. The van der Waals surface area contributed by atoms with E-state index in [4.69, 9.17) is 4.74 Å². The summed E-state index contributed by atoms with van der Waals surface area (Å²) in [7, 11) is 0. The van der Waals surface area contributed by atoms with Gasteiger partial charge in [0.25, 0.3) is 0 Å². The van der Waals surface area contributed by atoms with Crippen LogP contribution in [0.4, 0.5) is 0 Å². The van der Waals surface area contributed by atoms with Crippen LogP contribution in [0.2, 0.25) is 0 Å². The fraction of sp³-hybridized carbons (Fsp3) is 0.778. The summed E-state index contributed by atoms with van der Waals surface area (Å²) in [5.41, 5.74) is -1.46. The first kappa shape index (κ1) is 9.39.